The molecule has 0 radical (unpaired) electrons. The summed E-state index contributed by atoms with van der Waals surface area (Å²) in [6.45, 7) is 3.80. The minimum Gasteiger partial charge on any atom is -0.330 e. The number of nitrogens with zero attached hydrogens (tertiary/aromatic N) is 3. The Morgan fingerprint density at radius 2 is 1.57 bits per heavy atom. The smallest absolute Gasteiger partial charge is 0.330 e. The highest BCUT2D eigenvalue weighted by molar-refractivity contribution is 7.95. The van der Waals surface area contributed by atoms with Crippen molar-refractivity contribution in [2.24, 2.45) is 11.7 Å². The van der Waals surface area contributed by atoms with Gasteiger partial charge in [0.15, 0.2) is 0 Å². The molecule has 0 bridgehead atoms. The number of benzene rings is 2. The standard InChI is InChI=1S/C19H24N4O2S.2ClH/c20-14-16-10-11-21(15-16)12-13-22-18-8-4-5-9-19(18)23(26(22,24)25)17-6-2-1-3-7-17;;/h1-9,16H,10-15,20H2;2*1H. The van der Waals surface area contributed by atoms with E-state index in [1.54, 1.807) is 0 Å². The molecule has 0 amide bonds. The number of halogens is 2. The van der Waals surface area contributed by atoms with Crippen LogP contribution in [-0.4, -0.2) is 46.0 Å². The quantitative estimate of drug-likeness (QED) is 0.768. The summed E-state index contributed by atoms with van der Waals surface area (Å²) in [4.78, 5) is 2.31. The number of likely N-dealkylation sites (tertiary alicyclic amines) is 1. The minimum atomic E-state index is -3.64. The van der Waals surface area contributed by atoms with E-state index in [-0.39, 0.29) is 24.8 Å². The number of rotatable bonds is 5. The average Bonchev–Trinajstić information content (AvgIpc) is 3.20. The van der Waals surface area contributed by atoms with Crippen molar-refractivity contribution in [1.29, 1.82) is 0 Å². The second kappa shape index (κ2) is 9.33. The Morgan fingerprint density at radius 1 is 0.929 bits per heavy atom. The number of nitrogens with two attached hydrogens (primary N) is 1. The highest BCUT2D eigenvalue weighted by Crippen LogP contribution is 2.44. The van der Waals surface area contributed by atoms with Gasteiger partial charge >= 0.3 is 10.2 Å². The largest absolute Gasteiger partial charge is 0.331 e. The first-order valence-electron chi connectivity index (χ1n) is 9.01. The van der Waals surface area contributed by atoms with E-state index in [9.17, 15) is 8.42 Å². The maximum atomic E-state index is 13.3. The van der Waals surface area contributed by atoms with Gasteiger partial charge in [0.2, 0.25) is 0 Å². The SMILES string of the molecule is Cl.Cl.NCC1CCN(CCN2c3ccccc3N(c3ccccc3)S2(=O)=O)C1. The highest BCUT2D eigenvalue weighted by atomic mass is 35.5. The fourth-order valence-corrected chi connectivity index (χ4v) is 5.51. The predicted octanol–water partition coefficient (Wildman–Crippen LogP) is 3.01. The molecule has 0 aliphatic carbocycles. The molecule has 1 fully saturated rings. The lowest BCUT2D eigenvalue weighted by molar-refractivity contribution is 0.335. The van der Waals surface area contributed by atoms with Crippen molar-refractivity contribution < 1.29 is 8.42 Å². The summed E-state index contributed by atoms with van der Waals surface area (Å²) in [6.07, 6.45) is 1.09. The zero-order valence-electron chi connectivity index (χ0n) is 15.5. The van der Waals surface area contributed by atoms with Crippen LogP contribution in [-0.2, 0) is 10.2 Å². The van der Waals surface area contributed by atoms with Crippen LogP contribution in [0.3, 0.4) is 0 Å². The molecule has 9 heteroatoms. The molecule has 6 nitrogen and oxygen atoms in total. The summed E-state index contributed by atoms with van der Waals surface area (Å²) in [5.41, 5.74) is 7.87. The zero-order valence-corrected chi connectivity index (χ0v) is 17.9. The third-order valence-corrected chi connectivity index (χ3v) is 7.00. The van der Waals surface area contributed by atoms with Gasteiger partial charge in [-0.05, 0) is 49.7 Å². The highest BCUT2D eigenvalue weighted by Gasteiger charge is 2.41. The molecule has 2 aromatic carbocycles. The Kier molecular flexibility index (Phi) is 7.59. The molecule has 2 aliphatic heterocycles. The summed E-state index contributed by atoms with van der Waals surface area (Å²) >= 11 is 0. The van der Waals surface area contributed by atoms with Crippen LogP contribution >= 0.6 is 24.8 Å². The van der Waals surface area contributed by atoms with Crippen LogP contribution in [0, 0.1) is 5.92 Å². The van der Waals surface area contributed by atoms with Crippen molar-refractivity contribution in [2.45, 2.75) is 6.42 Å². The molecule has 1 saturated heterocycles. The Balaban J connectivity index is 0.00000140. The fourth-order valence-electron chi connectivity index (χ4n) is 3.81. The van der Waals surface area contributed by atoms with Crippen LogP contribution in [0.25, 0.3) is 0 Å². The number of hydrogen-bond acceptors (Lipinski definition) is 4. The molecule has 2 aromatic rings. The second-order valence-electron chi connectivity index (χ2n) is 6.86. The van der Waals surface area contributed by atoms with Gasteiger partial charge in [-0.2, -0.15) is 8.42 Å². The Morgan fingerprint density at radius 3 is 2.21 bits per heavy atom. The van der Waals surface area contributed by atoms with Gasteiger partial charge in [0.1, 0.15) is 0 Å². The lowest BCUT2D eigenvalue weighted by Gasteiger charge is -2.24. The lowest BCUT2D eigenvalue weighted by atomic mass is 10.1. The average molecular weight is 445 g/mol. The first-order valence-corrected chi connectivity index (χ1v) is 10.4. The van der Waals surface area contributed by atoms with Gasteiger partial charge in [-0.3, -0.25) is 0 Å². The van der Waals surface area contributed by atoms with Crippen molar-refractivity contribution in [3.05, 3.63) is 54.6 Å². The topological polar surface area (TPSA) is 69.9 Å². The van der Waals surface area contributed by atoms with Crippen LogP contribution in [0.2, 0.25) is 0 Å². The molecular weight excluding hydrogens is 419 g/mol. The van der Waals surface area contributed by atoms with Crippen molar-refractivity contribution in [3.8, 4) is 0 Å². The van der Waals surface area contributed by atoms with Crippen LogP contribution in [0.4, 0.5) is 17.1 Å². The minimum absolute atomic E-state index is 0. The summed E-state index contributed by atoms with van der Waals surface area (Å²) in [6, 6.07) is 16.7. The zero-order chi connectivity index (χ0) is 18.1. The van der Waals surface area contributed by atoms with E-state index >= 15 is 0 Å². The van der Waals surface area contributed by atoms with Crippen LogP contribution < -0.4 is 14.3 Å². The monoisotopic (exact) mass is 444 g/mol. The Hall–Kier alpha value is -1.51. The molecule has 0 saturated carbocycles. The van der Waals surface area contributed by atoms with Crippen LogP contribution in [0.15, 0.2) is 54.6 Å². The normalized spacial score (nSPS) is 20.4. The van der Waals surface area contributed by atoms with E-state index in [2.05, 4.69) is 4.90 Å². The predicted molar refractivity (Wildman–Crippen MR) is 119 cm³/mol. The van der Waals surface area contributed by atoms with Gasteiger partial charge in [-0.1, -0.05) is 30.3 Å². The first kappa shape index (κ1) is 22.8. The molecule has 2 N–H and O–H groups in total. The summed E-state index contributed by atoms with van der Waals surface area (Å²) < 4.78 is 29.6. The third kappa shape index (κ3) is 4.09. The maximum absolute atomic E-state index is 13.3. The van der Waals surface area contributed by atoms with Gasteiger partial charge in [0.25, 0.3) is 0 Å². The fraction of sp³-hybridized carbons (Fsp3) is 0.368. The molecule has 4 rings (SSSR count). The summed E-state index contributed by atoms with van der Waals surface area (Å²) in [7, 11) is -3.64. The Labute approximate surface area is 179 Å². The summed E-state index contributed by atoms with van der Waals surface area (Å²) in [5.74, 6) is 0.526. The molecular formula is C19H26Cl2N4O2S. The Bertz CT molecular complexity index is 883. The van der Waals surface area contributed by atoms with Crippen molar-refractivity contribution in [1.82, 2.24) is 4.90 Å². The molecule has 154 valence electrons. The van der Waals surface area contributed by atoms with E-state index in [1.165, 1.54) is 8.61 Å². The number of hydrogen-bond donors (Lipinski definition) is 1. The van der Waals surface area contributed by atoms with Gasteiger partial charge in [-0.25, -0.2) is 8.61 Å². The van der Waals surface area contributed by atoms with Gasteiger partial charge in [-0.15, -0.1) is 24.8 Å². The van der Waals surface area contributed by atoms with Crippen molar-refractivity contribution in [2.75, 3.05) is 41.3 Å². The van der Waals surface area contributed by atoms with Crippen molar-refractivity contribution in [3.63, 3.8) is 0 Å². The molecule has 28 heavy (non-hydrogen) atoms. The number of fused-ring (bicyclic) bond motifs is 1. The van der Waals surface area contributed by atoms with Crippen molar-refractivity contribution >= 4 is 52.1 Å². The number of para-hydroxylation sites is 3. The lowest BCUT2D eigenvalue weighted by Crippen LogP contribution is -2.40. The second-order valence-corrected chi connectivity index (χ2v) is 8.56. The first-order chi connectivity index (χ1) is 12.6. The van der Waals surface area contributed by atoms with Crippen LogP contribution in [0.1, 0.15) is 6.42 Å². The van der Waals surface area contributed by atoms with Gasteiger partial charge in [0, 0.05) is 19.6 Å². The van der Waals surface area contributed by atoms with E-state index in [1.807, 2.05) is 54.6 Å². The van der Waals surface area contributed by atoms with Crippen LogP contribution in [0.5, 0.6) is 0 Å². The van der Waals surface area contributed by atoms with Gasteiger partial charge in [0.05, 0.1) is 17.1 Å². The number of anilines is 3. The molecule has 2 heterocycles. The van der Waals surface area contributed by atoms with E-state index < -0.39 is 10.2 Å². The molecule has 0 aromatic heterocycles. The van der Waals surface area contributed by atoms with E-state index in [0.717, 1.165) is 25.2 Å². The van der Waals surface area contributed by atoms with E-state index in [0.29, 0.717) is 36.9 Å². The molecule has 1 atom stereocenters. The molecule has 1 unspecified atom stereocenters. The maximum Gasteiger partial charge on any atom is 0.331 e. The van der Waals surface area contributed by atoms with Gasteiger partial charge < -0.3 is 10.6 Å². The van der Waals surface area contributed by atoms with E-state index in [4.69, 9.17) is 5.73 Å². The summed E-state index contributed by atoms with van der Waals surface area (Å²) in [5, 5.41) is 0. The molecule has 2 aliphatic rings. The molecule has 0 spiro atoms. The third-order valence-electron chi connectivity index (χ3n) is 5.19.